The third-order valence-electron chi connectivity index (χ3n) is 10.7. The van der Waals surface area contributed by atoms with Crippen molar-refractivity contribution >= 4 is 69.1 Å². The van der Waals surface area contributed by atoms with Crippen LogP contribution in [0.4, 0.5) is 10.5 Å². The van der Waals surface area contributed by atoms with Crippen molar-refractivity contribution in [3.8, 4) is 0 Å². The zero-order valence-electron chi connectivity index (χ0n) is 36.4. The Labute approximate surface area is 350 Å². The number of thiol groups is 1. The topological polar surface area (TPSA) is 209 Å². The van der Waals surface area contributed by atoms with Gasteiger partial charge in [0.15, 0.2) is 0 Å². The number of carbonyl (C=O) groups excluding carboxylic acids is 9. The van der Waals surface area contributed by atoms with Crippen molar-refractivity contribution in [2.45, 2.75) is 107 Å². The minimum Gasteiger partial charge on any atom is -0.454 e. The van der Waals surface area contributed by atoms with Gasteiger partial charge < -0.3 is 25.6 Å². The zero-order valence-corrected chi connectivity index (χ0v) is 37.3. The number of ether oxygens (including phenoxy) is 1. The molecule has 3 rings (SSSR count). The predicted molar refractivity (Wildman–Crippen MR) is 225 cm³/mol. The summed E-state index contributed by atoms with van der Waals surface area (Å²) in [6.45, 7) is 16.0. The minimum absolute atomic E-state index is 0.0590. The van der Waals surface area contributed by atoms with Crippen molar-refractivity contribution in [2.75, 3.05) is 44.0 Å². The minimum atomic E-state index is -1.04. The van der Waals surface area contributed by atoms with Crippen LogP contribution in [0.1, 0.15) is 93.6 Å². The smallest absolute Gasteiger partial charge is 0.346 e. The number of amides is 8. The van der Waals surface area contributed by atoms with E-state index >= 15 is 0 Å². The Morgan fingerprint density at radius 1 is 0.763 bits per heavy atom. The number of nitrogens with zero attached hydrogens (tertiary/aromatic N) is 3. The summed E-state index contributed by atoms with van der Waals surface area (Å²) < 4.78 is 5.25. The molecule has 0 aromatic heterocycles. The number of anilines is 1. The van der Waals surface area contributed by atoms with Gasteiger partial charge in [-0.3, -0.25) is 48.2 Å². The predicted octanol–water partition coefficient (Wildman–Crippen LogP) is 3.62. The van der Waals surface area contributed by atoms with Crippen molar-refractivity contribution in [2.24, 2.45) is 28.6 Å². The number of likely N-dealkylation sites (tertiary alicyclic amines) is 2. The summed E-state index contributed by atoms with van der Waals surface area (Å²) in [7, 11) is -0.859. The summed E-state index contributed by atoms with van der Waals surface area (Å²) >= 11 is 0. The zero-order chi connectivity index (χ0) is 44.6. The second kappa shape index (κ2) is 20.4. The molecule has 59 heavy (non-hydrogen) atoms. The SMILES string of the molecule is CC(C)[C@H](NC(=O)CCC(=O)N(CCN1C(=O)CC(C(C)(C)C)C1=O)CCN1C(=O)CC(C(C)(C)C)C1=O)C(=O)N[C@@H](C)C(=O)Nc1ccc(COC(=O)[SH](C)C)cc1. The maximum absolute atomic E-state index is 13.7. The Morgan fingerprint density at radius 3 is 1.68 bits per heavy atom. The van der Waals surface area contributed by atoms with Gasteiger partial charge in [-0.25, -0.2) is 4.79 Å². The van der Waals surface area contributed by atoms with Crippen LogP contribution >= 0.6 is 10.9 Å². The van der Waals surface area contributed by atoms with Gasteiger partial charge in [0.2, 0.25) is 47.3 Å². The molecule has 17 heteroatoms. The van der Waals surface area contributed by atoms with Crippen LogP contribution in [-0.2, 0) is 49.7 Å². The number of hydrogen-bond donors (Lipinski definition) is 4. The van der Waals surface area contributed by atoms with Gasteiger partial charge in [-0.05, 0) is 53.9 Å². The molecule has 16 nitrogen and oxygen atoms in total. The fraction of sp³-hybridized carbons (Fsp3) is 0.643. The highest BCUT2D eigenvalue weighted by molar-refractivity contribution is 8.28. The van der Waals surface area contributed by atoms with E-state index in [4.69, 9.17) is 4.74 Å². The Balaban J connectivity index is 1.61. The quantitative estimate of drug-likeness (QED) is 0.102. The Morgan fingerprint density at radius 2 is 1.25 bits per heavy atom. The molecule has 2 fully saturated rings. The summed E-state index contributed by atoms with van der Waals surface area (Å²) in [4.78, 5) is 121. The van der Waals surface area contributed by atoms with Crippen molar-refractivity contribution in [1.82, 2.24) is 25.3 Å². The number of hydrogen-bond acceptors (Lipinski definition) is 10. The normalized spacial score (nSPS) is 18.5. The van der Waals surface area contributed by atoms with E-state index in [0.29, 0.717) is 5.69 Å². The molecule has 1 aromatic rings. The first-order chi connectivity index (χ1) is 27.3. The van der Waals surface area contributed by atoms with E-state index in [1.165, 1.54) is 11.8 Å². The average molecular weight is 845 g/mol. The average Bonchev–Trinajstić information content (AvgIpc) is 3.60. The van der Waals surface area contributed by atoms with Gasteiger partial charge >= 0.3 is 5.30 Å². The van der Waals surface area contributed by atoms with Crippen LogP contribution in [0.5, 0.6) is 0 Å². The number of rotatable bonds is 17. The molecule has 0 spiro atoms. The number of benzene rings is 1. The Bertz CT molecular complexity index is 1710. The monoisotopic (exact) mass is 844 g/mol. The first kappa shape index (κ1) is 48.6. The number of imide groups is 2. The maximum atomic E-state index is 13.7. The van der Waals surface area contributed by atoms with Crippen LogP contribution in [-0.4, -0.2) is 118 Å². The van der Waals surface area contributed by atoms with E-state index in [1.807, 2.05) is 41.5 Å². The molecule has 8 amide bonds. The largest absolute Gasteiger partial charge is 0.454 e. The van der Waals surface area contributed by atoms with E-state index in [2.05, 4.69) is 16.0 Å². The molecule has 1 aromatic carbocycles. The third kappa shape index (κ3) is 13.6. The molecule has 2 unspecified atom stereocenters. The lowest BCUT2D eigenvalue weighted by molar-refractivity contribution is -0.143. The van der Waals surface area contributed by atoms with Crippen molar-refractivity contribution in [3.05, 3.63) is 29.8 Å². The lowest BCUT2D eigenvalue weighted by atomic mass is 9.80. The summed E-state index contributed by atoms with van der Waals surface area (Å²) in [6.07, 6.45) is 3.12. The summed E-state index contributed by atoms with van der Waals surface area (Å²) in [5, 5.41) is 7.77. The fourth-order valence-electron chi connectivity index (χ4n) is 6.73. The van der Waals surface area contributed by atoms with Gasteiger partial charge in [0.05, 0.1) is 11.8 Å². The maximum Gasteiger partial charge on any atom is 0.346 e. The van der Waals surface area contributed by atoms with Crippen molar-refractivity contribution in [3.63, 3.8) is 0 Å². The van der Waals surface area contributed by atoms with Crippen LogP contribution in [0.15, 0.2) is 24.3 Å². The molecular formula is C42H64N6O10S. The molecule has 0 aliphatic carbocycles. The first-order valence-electron chi connectivity index (χ1n) is 20.1. The molecule has 0 radical (unpaired) electrons. The van der Waals surface area contributed by atoms with Gasteiger partial charge in [0.1, 0.15) is 18.7 Å². The van der Waals surface area contributed by atoms with E-state index < -0.39 is 69.3 Å². The van der Waals surface area contributed by atoms with Gasteiger partial charge in [-0.1, -0.05) is 67.5 Å². The molecule has 2 aliphatic heterocycles. The van der Waals surface area contributed by atoms with Crippen LogP contribution in [0.3, 0.4) is 0 Å². The second-order valence-corrected chi connectivity index (χ2v) is 20.2. The number of nitrogens with one attached hydrogen (secondary N) is 3. The summed E-state index contributed by atoms with van der Waals surface area (Å²) in [6, 6.07) is 4.70. The molecule has 2 heterocycles. The highest BCUT2D eigenvalue weighted by Crippen LogP contribution is 2.36. The molecule has 3 N–H and O–H groups in total. The van der Waals surface area contributed by atoms with Crippen molar-refractivity contribution in [1.29, 1.82) is 0 Å². The van der Waals surface area contributed by atoms with Gasteiger partial charge in [0.25, 0.3) is 0 Å². The molecule has 4 atom stereocenters. The third-order valence-corrected chi connectivity index (χ3v) is 11.5. The summed E-state index contributed by atoms with van der Waals surface area (Å²) in [5.41, 5.74) is 0.322. The van der Waals surface area contributed by atoms with Gasteiger partial charge in [-0.2, -0.15) is 10.9 Å². The van der Waals surface area contributed by atoms with Crippen LogP contribution in [0, 0.1) is 28.6 Å². The lowest BCUT2D eigenvalue weighted by Crippen LogP contribution is -2.53. The second-order valence-electron chi connectivity index (χ2n) is 18.0. The van der Waals surface area contributed by atoms with Crippen molar-refractivity contribution < 1.29 is 47.9 Å². The highest BCUT2D eigenvalue weighted by atomic mass is 32.2. The van der Waals surface area contributed by atoms with Gasteiger partial charge in [-0.15, -0.1) is 0 Å². The van der Waals surface area contributed by atoms with E-state index in [0.717, 1.165) is 15.4 Å². The molecule has 328 valence electrons. The fourth-order valence-corrected chi connectivity index (χ4v) is 7.05. The van der Waals surface area contributed by atoms with Crippen LogP contribution in [0.25, 0.3) is 0 Å². The molecule has 2 saturated heterocycles. The van der Waals surface area contributed by atoms with E-state index in [-0.39, 0.29) is 93.3 Å². The van der Waals surface area contributed by atoms with Gasteiger partial charge in [0, 0.05) is 57.5 Å². The molecule has 2 aliphatic rings. The van der Waals surface area contributed by atoms with E-state index in [9.17, 15) is 43.2 Å². The number of carbonyl (C=O) groups is 9. The Kier molecular flexibility index (Phi) is 16.8. The summed E-state index contributed by atoms with van der Waals surface area (Å²) in [5.74, 6) is -4.94. The standard InChI is InChI=1S/C42H64N6O10S/c1-25(2)35(37(54)43-26(3)36(53)44-28-14-12-27(13-15-28)24-58-40(57)59(10)11)45-31(49)16-17-32(50)46(18-20-47-33(51)22-29(38(47)55)41(4,5)6)19-21-48-34(52)23-30(39(48)56)42(7,8)9/h12-15,25-26,29-30,35,59H,16-24H2,1-11H3,(H,43,54)(H,44,53)(H,45,49)/t26-,29?,30?,35-/m0/s1. The molecule has 0 saturated carbocycles. The first-order valence-corrected chi connectivity index (χ1v) is 22.3. The Hall–Kier alpha value is -4.80. The lowest BCUT2D eigenvalue weighted by Gasteiger charge is -2.29. The molecule has 0 bridgehead atoms. The van der Waals surface area contributed by atoms with E-state index in [1.54, 1.807) is 50.6 Å². The molecular weight excluding hydrogens is 781 g/mol. The van der Waals surface area contributed by atoms with Crippen LogP contribution in [0.2, 0.25) is 0 Å². The van der Waals surface area contributed by atoms with Crippen LogP contribution < -0.4 is 16.0 Å². The highest BCUT2D eigenvalue weighted by Gasteiger charge is 2.46.